The normalized spacial score (nSPS) is 19.3. The Morgan fingerprint density at radius 3 is 2.44 bits per heavy atom. The molecule has 0 aliphatic carbocycles. The van der Waals surface area contributed by atoms with Gasteiger partial charge in [0.25, 0.3) is 0 Å². The maximum Gasteiger partial charge on any atom is 0.243 e. The van der Waals surface area contributed by atoms with Crippen LogP contribution in [0.4, 0.5) is 4.39 Å². The van der Waals surface area contributed by atoms with E-state index >= 15 is 0 Å². The van der Waals surface area contributed by atoms with Gasteiger partial charge in [0.15, 0.2) is 0 Å². The molecule has 2 aromatic carbocycles. The Balaban J connectivity index is 1.75. The molecular weight excluding hydrogens is 363 g/mol. The first-order chi connectivity index (χ1) is 13.0. The van der Waals surface area contributed by atoms with Gasteiger partial charge in [-0.3, -0.25) is 9.59 Å². The predicted molar refractivity (Wildman–Crippen MR) is 105 cm³/mol. The summed E-state index contributed by atoms with van der Waals surface area (Å²) in [4.78, 5) is 27.4. The van der Waals surface area contributed by atoms with Gasteiger partial charge in [0, 0.05) is 18.2 Å². The molecular formula is C21H23FN2O2S. The summed E-state index contributed by atoms with van der Waals surface area (Å²) in [5.41, 5.74) is 1.84. The average molecular weight is 386 g/mol. The minimum atomic E-state index is -0.518. The second kappa shape index (κ2) is 8.57. The van der Waals surface area contributed by atoms with Crippen molar-refractivity contribution in [1.82, 2.24) is 10.2 Å². The molecule has 0 bridgehead atoms. The van der Waals surface area contributed by atoms with Crippen molar-refractivity contribution in [3.63, 3.8) is 0 Å². The fraction of sp³-hybridized carbons (Fsp3) is 0.333. The van der Waals surface area contributed by atoms with Crippen LogP contribution in [0.5, 0.6) is 0 Å². The molecule has 2 atom stereocenters. The van der Waals surface area contributed by atoms with E-state index in [9.17, 15) is 14.0 Å². The van der Waals surface area contributed by atoms with E-state index in [0.717, 1.165) is 11.1 Å². The number of halogens is 1. The fourth-order valence-electron chi connectivity index (χ4n) is 3.06. The second-order valence-electron chi connectivity index (χ2n) is 6.86. The molecule has 27 heavy (non-hydrogen) atoms. The first kappa shape index (κ1) is 19.4. The van der Waals surface area contributed by atoms with Crippen LogP contribution >= 0.6 is 11.8 Å². The van der Waals surface area contributed by atoms with Gasteiger partial charge in [0.1, 0.15) is 17.2 Å². The van der Waals surface area contributed by atoms with Crippen molar-refractivity contribution in [3.8, 4) is 0 Å². The number of benzene rings is 2. The summed E-state index contributed by atoms with van der Waals surface area (Å²) in [5, 5.41) is 2.72. The van der Waals surface area contributed by atoms with Gasteiger partial charge >= 0.3 is 0 Å². The number of thioether (sulfide) groups is 1. The molecule has 0 saturated carbocycles. The van der Waals surface area contributed by atoms with Crippen molar-refractivity contribution in [3.05, 3.63) is 71.5 Å². The quantitative estimate of drug-likeness (QED) is 0.852. The maximum absolute atomic E-state index is 13.0. The van der Waals surface area contributed by atoms with Crippen molar-refractivity contribution in [2.24, 2.45) is 5.92 Å². The number of carbonyl (C=O) groups is 2. The highest BCUT2D eigenvalue weighted by atomic mass is 32.2. The lowest BCUT2D eigenvalue weighted by atomic mass is 10.1. The van der Waals surface area contributed by atoms with Crippen LogP contribution in [-0.2, 0) is 16.1 Å². The van der Waals surface area contributed by atoms with Gasteiger partial charge in [-0.15, -0.1) is 11.8 Å². The predicted octanol–water partition coefficient (Wildman–Crippen LogP) is 3.74. The van der Waals surface area contributed by atoms with Crippen molar-refractivity contribution in [2.45, 2.75) is 31.8 Å². The summed E-state index contributed by atoms with van der Waals surface area (Å²) in [6, 6.07) is 15.3. The summed E-state index contributed by atoms with van der Waals surface area (Å²) in [6.45, 7) is 4.00. The zero-order valence-corrected chi connectivity index (χ0v) is 16.2. The number of nitrogens with zero attached hydrogens (tertiary/aromatic N) is 1. The number of amides is 2. The first-order valence-corrected chi connectivity index (χ1v) is 10.0. The number of hydrogen-bond donors (Lipinski definition) is 1. The average Bonchev–Trinajstić information content (AvgIpc) is 3.12. The van der Waals surface area contributed by atoms with Crippen LogP contribution in [-0.4, -0.2) is 28.5 Å². The van der Waals surface area contributed by atoms with E-state index in [2.05, 4.69) is 5.32 Å². The van der Waals surface area contributed by atoms with Gasteiger partial charge in [-0.25, -0.2) is 4.39 Å². The molecule has 1 heterocycles. The van der Waals surface area contributed by atoms with E-state index in [0.29, 0.717) is 12.3 Å². The summed E-state index contributed by atoms with van der Waals surface area (Å²) in [5.74, 6) is -0.165. The summed E-state index contributed by atoms with van der Waals surface area (Å²) >= 11 is 1.60. The van der Waals surface area contributed by atoms with Gasteiger partial charge in [-0.05, 0) is 23.3 Å². The standard InChI is InChI=1S/C21H23FN2O2S/c1-14(2)20(26)24-18(13-27-21(24)16-6-4-3-5-7-16)19(25)23-12-15-8-10-17(22)11-9-15/h3-11,14,18,21H,12-13H2,1-2H3,(H,23,25). The number of rotatable bonds is 5. The maximum atomic E-state index is 13.0. The van der Waals surface area contributed by atoms with E-state index in [1.165, 1.54) is 12.1 Å². The summed E-state index contributed by atoms with van der Waals surface area (Å²) < 4.78 is 13.0. The molecule has 1 aliphatic heterocycles. The Labute approximate surface area is 163 Å². The van der Waals surface area contributed by atoms with Crippen molar-refractivity contribution in [1.29, 1.82) is 0 Å². The molecule has 2 amide bonds. The van der Waals surface area contributed by atoms with Gasteiger partial charge in [-0.2, -0.15) is 0 Å². The highest BCUT2D eigenvalue weighted by Gasteiger charge is 2.42. The lowest BCUT2D eigenvalue weighted by Crippen LogP contribution is -2.49. The van der Waals surface area contributed by atoms with Gasteiger partial charge in [0.05, 0.1) is 0 Å². The second-order valence-corrected chi connectivity index (χ2v) is 7.97. The Bertz CT molecular complexity index is 796. The number of carbonyl (C=O) groups excluding carboxylic acids is 2. The molecule has 2 aromatic rings. The molecule has 1 N–H and O–H groups in total. The van der Waals surface area contributed by atoms with Crippen LogP contribution in [0.25, 0.3) is 0 Å². The molecule has 1 aliphatic rings. The highest BCUT2D eigenvalue weighted by Crippen LogP contribution is 2.42. The van der Waals surface area contributed by atoms with E-state index < -0.39 is 6.04 Å². The largest absolute Gasteiger partial charge is 0.350 e. The van der Waals surface area contributed by atoms with Gasteiger partial charge in [0.2, 0.25) is 11.8 Å². The Hall–Kier alpha value is -2.34. The van der Waals surface area contributed by atoms with Gasteiger partial charge < -0.3 is 10.2 Å². The Kier molecular flexibility index (Phi) is 6.16. The Morgan fingerprint density at radius 1 is 1.15 bits per heavy atom. The first-order valence-electron chi connectivity index (χ1n) is 8.98. The minimum absolute atomic E-state index is 0.0317. The topological polar surface area (TPSA) is 49.4 Å². The zero-order chi connectivity index (χ0) is 19.4. The van der Waals surface area contributed by atoms with Crippen molar-refractivity contribution >= 4 is 23.6 Å². The summed E-state index contributed by atoms with van der Waals surface area (Å²) in [7, 11) is 0. The molecule has 0 radical (unpaired) electrons. The molecule has 142 valence electrons. The smallest absolute Gasteiger partial charge is 0.243 e. The third-order valence-electron chi connectivity index (χ3n) is 4.52. The van der Waals surface area contributed by atoms with E-state index in [1.807, 2.05) is 44.2 Å². The van der Waals surface area contributed by atoms with E-state index in [-0.39, 0.29) is 28.9 Å². The lowest BCUT2D eigenvalue weighted by molar-refractivity contribution is -0.142. The molecule has 1 saturated heterocycles. The van der Waals surface area contributed by atoms with Crippen LogP contribution in [0, 0.1) is 11.7 Å². The zero-order valence-electron chi connectivity index (χ0n) is 15.4. The van der Waals surface area contributed by atoms with Crippen molar-refractivity contribution < 1.29 is 14.0 Å². The van der Waals surface area contributed by atoms with Crippen molar-refractivity contribution in [2.75, 3.05) is 5.75 Å². The van der Waals surface area contributed by atoms with E-state index in [1.54, 1.807) is 28.8 Å². The molecule has 4 nitrogen and oxygen atoms in total. The highest BCUT2D eigenvalue weighted by molar-refractivity contribution is 7.99. The molecule has 3 rings (SSSR count). The Morgan fingerprint density at radius 2 is 1.81 bits per heavy atom. The van der Waals surface area contributed by atoms with E-state index in [4.69, 9.17) is 0 Å². The van der Waals surface area contributed by atoms with Crippen LogP contribution in [0.3, 0.4) is 0 Å². The molecule has 1 fully saturated rings. The SMILES string of the molecule is CC(C)C(=O)N1C(C(=O)NCc2ccc(F)cc2)CSC1c1ccccc1. The van der Waals surface area contributed by atoms with Crippen LogP contribution in [0.15, 0.2) is 54.6 Å². The van der Waals surface area contributed by atoms with Crippen LogP contribution in [0.1, 0.15) is 30.3 Å². The minimum Gasteiger partial charge on any atom is -0.350 e. The van der Waals surface area contributed by atoms with Crippen LogP contribution in [0.2, 0.25) is 0 Å². The number of nitrogens with one attached hydrogen (secondary N) is 1. The number of hydrogen-bond acceptors (Lipinski definition) is 3. The molecule has 0 spiro atoms. The third-order valence-corrected chi connectivity index (χ3v) is 5.84. The molecule has 0 aromatic heterocycles. The molecule has 6 heteroatoms. The summed E-state index contributed by atoms with van der Waals surface area (Å²) in [6.07, 6.45) is 0. The van der Waals surface area contributed by atoms with Gasteiger partial charge in [-0.1, -0.05) is 56.3 Å². The van der Waals surface area contributed by atoms with Crippen LogP contribution < -0.4 is 5.32 Å². The third kappa shape index (κ3) is 4.50. The lowest BCUT2D eigenvalue weighted by Gasteiger charge is -2.30. The monoisotopic (exact) mass is 386 g/mol. The molecule has 2 unspecified atom stereocenters. The fourth-order valence-corrected chi connectivity index (χ4v) is 4.50.